The molecule has 0 heterocycles. The molecule has 1 saturated carbocycles. The highest BCUT2D eigenvalue weighted by molar-refractivity contribution is 7.89. The number of rotatable bonds is 11. The molecule has 1 aliphatic rings. The van der Waals surface area contributed by atoms with Crippen LogP contribution in [0.4, 0.5) is 0 Å². The van der Waals surface area contributed by atoms with Gasteiger partial charge in [0, 0.05) is 20.1 Å². The number of aliphatic hydroxyl groups is 1. The molecule has 0 spiro atoms. The molecule has 138 valence electrons. The van der Waals surface area contributed by atoms with Crippen molar-refractivity contribution in [2.24, 2.45) is 11.7 Å². The smallest absolute Gasteiger partial charge is 0.214 e. The fourth-order valence-corrected chi connectivity index (χ4v) is 4.60. The van der Waals surface area contributed by atoms with E-state index < -0.39 is 21.9 Å². The molecule has 2 atom stereocenters. The molecule has 1 aliphatic carbocycles. The predicted octanol–water partition coefficient (Wildman–Crippen LogP) is 1.73. The van der Waals surface area contributed by atoms with Crippen LogP contribution in [-0.2, 0) is 14.8 Å². The number of hydrogen-bond acceptors (Lipinski definition) is 5. The van der Waals surface area contributed by atoms with E-state index in [1.807, 2.05) is 6.92 Å². The summed E-state index contributed by atoms with van der Waals surface area (Å²) in [5.74, 6) is 0.257. The van der Waals surface area contributed by atoms with Crippen molar-refractivity contribution in [1.82, 2.24) is 4.72 Å². The molecule has 0 unspecified atom stereocenters. The van der Waals surface area contributed by atoms with Gasteiger partial charge in [0.05, 0.1) is 11.9 Å². The maximum absolute atomic E-state index is 12.0. The summed E-state index contributed by atoms with van der Waals surface area (Å²) >= 11 is 0. The summed E-state index contributed by atoms with van der Waals surface area (Å²) in [6, 6.07) is 0. The van der Waals surface area contributed by atoms with Crippen molar-refractivity contribution in [3.05, 3.63) is 0 Å². The molecule has 0 aliphatic heterocycles. The Morgan fingerprint density at radius 3 is 2.57 bits per heavy atom. The van der Waals surface area contributed by atoms with Crippen LogP contribution in [0.15, 0.2) is 0 Å². The average Bonchev–Trinajstić information content (AvgIpc) is 2.46. The number of sulfonamides is 1. The van der Waals surface area contributed by atoms with Gasteiger partial charge in [0.2, 0.25) is 10.0 Å². The number of methoxy groups -OCH3 is 1. The minimum atomic E-state index is -3.41. The monoisotopic (exact) mass is 350 g/mol. The van der Waals surface area contributed by atoms with Crippen LogP contribution in [0.1, 0.15) is 64.7 Å². The second-order valence-electron chi connectivity index (χ2n) is 6.90. The van der Waals surface area contributed by atoms with E-state index in [2.05, 4.69) is 4.72 Å². The first-order chi connectivity index (χ1) is 10.8. The first-order valence-corrected chi connectivity index (χ1v) is 10.4. The molecule has 0 aromatic heterocycles. The van der Waals surface area contributed by atoms with Gasteiger partial charge in [-0.1, -0.05) is 45.4 Å². The lowest BCUT2D eigenvalue weighted by molar-refractivity contribution is -0.0330. The molecule has 0 radical (unpaired) electrons. The molecule has 0 amide bonds. The van der Waals surface area contributed by atoms with Gasteiger partial charge in [-0.25, -0.2) is 13.1 Å². The molecule has 0 bridgehead atoms. The van der Waals surface area contributed by atoms with Crippen LogP contribution in [-0.4, -0.2) is 44.8 Å². The largest absolute Gasteiger partial charge is 0.380 e. The third kappa shape index (κ3) is 9.00. The quantitative estimate of drug-likeness (QED) is 0.389. The second kappa shape index (κ2) is 9.93. The Bertz CT molecular complexity index is 420. The van der Waals surface area contributed by atoms with Crippen molar-refractivity contribution >= 4 is 10.0 Å². The van der Waals surface area contributed by atoms with E-state index in [1.165, 1.54) is 26.4 Å². The number of unbranched alkanes of at least 4 members (excludes halogenated alkanes) is 1. The van der Waals surface area contributed by atoms with Crippen LogP contribution >= 0.6 is 0 Å². The Labute approximate surface area is 141 Å². The van der Waals surface area contributed by atoms with Crippen LogP contribution in [0.5, 0.6) is 0 Å². The number of ether oxygens (including phenoxy) is 1. The summed E-state index contributed by atoms with van der Waals surface area (Å²) in [7, 11) is -1.95. The molecule has 0 aromatic carbocycles. The van der Waals surface area contributed by atoms with E-state index in [0.717, 1.165) is 25.7 Å². The Balaban J connectivity index is 2.49. The van der Waals surface area contributed by atoms with Gasteiger partial charge < -0.3 is 15.6 Å². The van der Waals surface area contributed by atoms with Crippen LogP contribution in [0, 0.1) is 5.92 Å². The molecule has 0 aromatic rings. The van der Waals surface area contributed by atoms with Crippen molar-refractivity contribution in [3.63, 3.8) is 0 Å². The lowest BCUT2D eigenvalue weighted by atomic mass is 9.82. The number of nitrogens with one attached hydrogen (secondary N) is 1. The van der Waals surface area contributed by atoms with Gasteiger partial charge in [0.25, 0.3) is 0 Å². The van der Waals surface area contributed by atoms with Crippen molar-refractivity contribution in [3.8, 4) is 0 Å². The third-order valence-electron chi connectivity index (χ3n) is 4.54. The summed E-state index contributed by atoms with van der Waals surface area (Å²) in [5, 5.41) is 10.5. The van der Waals surface area contributed by atoms with Gasteiger partial charge in [-0.15, -0.1) is 0 Å². The molecule has 4 N–H and O–H groups in total. The van der Waals surface area contributed by atoms with E-state index in [0.29, 0.717) is 18.9 Å². The fourth-order valence-electron chi connectivity index (χ4n) is 3.29. The highest BCUT2D eigenvalue weighted by atomic mass is 32.2. The third-order valence-corrected chi connectivity index (χ3v) is 5.99. The second-order valence-corrected chi connectivity index (χ2v) is 8.75. The minimum Gasteiger partial charge on any atom is -0.380 e. The Morgan fingerprint density at radius 2 is 2.00 bits per heavy atom. The van der Waals surface area contributed by atoms with Gasteiger partial charge in [0.15, 0.2) is 0 Å². The molecule has 1 rings (SSSR count). The fraction of sp³-hybridized carbons (Fsp3) is 1.00. The molecular formula is C16H34N2O4S. The summed E-state index contributed by atoms with van der Waals surface area (Å²) in [4.78, 5) is 0. The lowest BCUT2D eigenvalue weighted by Crippen LogP contribution is -2.47. The predicted molar refractivity (Wildman–Crippen MR) is 92.4 cm³/mol. The average molecular weight is 351 g/mol. The van der Waals surface area contributed by atoms with Crippen LogP contribution in [0.25, 0.3) is 0 Å². The van der Waals surface area contributed by atoms with Crippen molar-refractivity contribution in [2.45, 2.75) is 76.5 Å². The summed E-state index contributed by atoms with van der Waals surface area (Å²) in [6.07, 6.45) is 7.58. The molecule has 6 nitrogen and oxygen atoms in total. The summed E-state index contributed by atoms with van der Waals surface area (Å²) in [5.41, 5.74) is 4.65. The summed E-state index contributed by atoms with van der Waals surface area (Å²) in [6.45, 7) is 2.44. The number of hydrogen-bond donors (Lipinski definition) is 3. The van der Waals surface area contributed by atoms with Crippen LogP contribution in [0.3, 0.4) is 0 Å². The zero-order chi connectivity index (χ0) is 17.3. The van der Waals surface area contributed by atoms with Gasteiger partial charge in [-0.2, -0.15) is 0 Å². The molecule has 23 heavy (non-hydrogen) atoms. The first-order valence-electron chi connectivity index (χ1n) is 8.79. The van der Waals surface area contributed by atoms with Crippen molar-refractivity contribution < 1.29 is 18.3 Å². The van der Waals surface area contributed by atoms with Crippen LogP contribution in [0.2, 0.25) is 0 Å². The maximum atomic E-state index is 12.0. The Hall–Kier alpha value is -0.210. The molecule has 7 heteroatoms. The van der Waals surface area contributed by atoms with E-state index in [1.54, 1.807) is 0 Å². The Kier molecular flexibility index (Phi) is 9.00. The topological polar surface area (TPSA) is 102 Å². The van der Waals surface area contributed by atoms with E-state index >= 15 is 0 Å². The minimum absolute atomic E-state index is 0.134. The number of nitrogens with two attached hydrogens (primary N) is 1. The van der Waals surface area contributed by atoms with E-state index in [-0.39, 0.29) is 12.2 Å². The van der Waals surface area contributed by atoms with Gasteiger partial charge >= 0.3 is 0 Å². The van der Waals surface area contributed by atoms with Gasteiger partial charge in [-0.05, 0) is 18.8 Å². The lowest BCUT2D eigenvalue weighted by Gasteiger charge is -2.32. The molecular weight excluding hydrogens is 316 g/mol. The van der Waals surface area contributed by atoms with Gasteiger partial charge in [-0.3, -0.25) is 0 Å². The van der Waals surface area contributed by atoms with Crippen molar-refractivity contribution in [2.75, 3.05) is 19.4 Å². The van der Waals surface area contributed by atoms with E-state index in [4.69, 9.17) is 10.5 Å². The van der Waals surface area contributed by atoms with Crippen molar-refractivity contribution in [1.29, 1.82) is 0 Å². The van der Waals surface area contributed by atoms with Crippen LogP contribution < -0.4 is 10.5 Å². The highest BCUT2D eigenvalue weighted by Gasteiger charge is 2.32. The van der Waals surface area contributed by atoms with E-state index in [9.17, 15) is 13.5 Å². The SMILES string of the molecule is CCCCNS(=O)(=O)C[C@H](C[C@](N)(O)CC1CCCCC1)OC. The molecule has 0 saturated heterocycles. The zero-order valence-electron chi connectivity index (χ0n) is 14.6. The highest BCUT2D eigenvalue weighted by Crippen LogP contribution is 2.30. The zero-order valence-corrected chi connectivity index (χ0v) is 15.4. The first kappa shape index (κ1) is 20.8. The maximum Gasteiger partial charge on any atom is 0.214 e. The standard InChI is InChI=1S/C16H34N2O4S/c1-3-4-10-18-23(20,21)13-15(22-2)12-16(17,19)11-14-8-6-5-7-9-14/h14-15,18-19H,3-13,17H2,1-2H3/t15-,16+/m0/s1. The molecule has 1 fully saturated rings. The van der Waals surface area contributed by atoms with Gasteiger partial charge in [0.1, 0.15) is 5.72 Å². The summed E-state index contributed by atoms with van der Waals surface area (Å²) < 4.78 is 31.9. The normalized spacial score (nSPS) is 21.0. The Morgan fingerprint density at radius 1 is 1.35 bits per heavy atom.